The van der Waals surface area contributed by atoms with Crippen molar-refractivity contribution in [1.29, 1.82) is 0 Å². The Morgan fingerprint density at radius 1 is 1.13 bits per heavy atom. The number of ketones is 1. The first-order valence-electron chi connectivity index (χ1n) is 11.5. The first-order chi connectivity index (χ1) is 14.7. The van der Waals surface area contributed by atoms with Crippen LogP contribution in [0, 0.1) is 28.6 Å². The number of allylic oxidation sites excluding steroid dienone is 3. The van der Waals surface area contributed by atoms with Gasteiger partial charge >= 0.3 is 0 Å². The minimum Gasteiger partial charge on any atom is -0.462 e. The van der Waals surface area contributed by atoms with Crippen molar-refractivity contribution in [2.45, 2.75) is 58.2 Å². The number of para-hydroxylation sites is 1. The highest BCUT2D eigenvalue weighted by Gasteiger charge is 2.62. The molecule has 1 aromatic rings. The van der Waals surface area contributed by atoms with Crippen molar-refractivity contribution >= 4 is 5.78 Å². The Balaban J connectivity index is 1.47. The zero-order chi connectivity index (χ0) is 22.0. The standard InChI is InChI=1S/C27H32O4/c1-17(31-20-7-5-4-6-8-20)22-11-12-23-21-10-9-18-15-19(28)16-27(29,30)26(18,3)24(21)13-14-25(22,23)2/h4-8,13,15,21-23,29-30H,1,9-12,14,16H2,2-3H3/t21-,22-,23-,25+,26-/m0/s1. The molecule has 5 atom stereocenters. The third-order valence-electron chi connectivity index (χ3n) is 8.94. The van der Waals surface area contributed by atoms with E-state index in [1.165, 1.54) is 0 Å². The van der Waals surface area contributed by atoms with Gasteiger partial charge in [0.25, 0.3) is 0 Å². The van der Waals surface area contributed by atoms with Crippen molar-refractivity contribution in [3.05, 3.63) is 66.0 Å². The number of rotatable bonds is 3. The first kappa shape index (κ1) is 20.7. The summed E-state index contributed by atoms with van der Waals surface area (Å²) in [4.78, 5) is 12.1. The molecular formula is C27H32O4. The third kappa shape index (κ3) is 2.91. The summed E-state index contributed by atoms with van der Waals surface area (Å²) in [6, 6.07) is 9.83. The highest BCUT2D eigenvalue weighted by molar-refractivity contribution is 5.93. The fraction of sp³-hybridized carbons (Fsp3) is 0.519. The Labute approximate surface area is 184 Å². The van der Waals surface area contributed by atoms with Gasteiger partial charge in [0.2, 0.25) is 0 Å². The van der Waals surface area contributed by atoms with E-state index in [1.54, 1.807) is 6.08 Å². The molecule has 31 heavy (non-hydrogen) atoms. The minimum atomic E-state index is -2.02. The molecule has 0 amide bonds. The molecule has 4 heteroatoms. The summed E-state index contributed by atoms with van der Waals surface area (Å²) in [6.07, 6.45) is 8.36. The normalized spacial score (nSPS) is 38.3. The smallest absolute Gasteiger partial charge is 0.183 e. The largest absolute Gasteiger partial charge is 0.462 e. The number of benzene rings is 1. The lowest BCUT2D eigenvalue weighted by Crippen LogP contribution is -2.57. The van der Waals surface area contributed by atoms with Crippen LogP contribution in [-0.2, 0) is 4.79 Å². The molecule has 4 nitrogen and oxygen atoms in total. The molecule has 0 aromatic heterocycles. The molecule has 0 saturated heterocycles. The van der Waals surface area contributed by atoms with Gasteiger partial charge in [0.15, 0.2) is 11.6 Å². The molecule has 164 valence electrons. The molecule has 2 fully saturated rings. The Hall–Kier alpha value is -2.17. The van der Waals surface area contributed by atoms with Crippen LogP contribution in [0.5, 0.6) is 5.75 Å². The maximum absolute atomic E-state index is 12.1. The van der Waals surface area contributed by atoms with Gasteiger partial charge in [-0.2, -0.15) is 0 Å². The molecule has 0 radical (unpaired) electrons. The quantitative estimate of drug-likeness (QED) is 0.413. The molecule has 1 aromatic carbocycles. The van der Waals surface area contributed by atoms with E-state index in [9.17, 15) is 15.0 Å². The topological polar surface area (TPSA) is 66.8 Å². The average Bonchev–Trinajstić information content (AvgIpc) is 3.07. The summed E-state index contributed by atoms with van der Waals surface area (Å²) in [7, 11) is 0. The second kappa shape index (κ2) is 6.91. The molecular weight excluding hydrogens is 388 g/mol. The Morgan fingerprint density at radius 2 is 1.87 bits per heavy atom. The predicted octanol–water partition coefficient (Wildman–Crippen LogP) is 4.94. The van der Waals surface area contributed by atoms with Crippen LogP contribution in [0.2, 0.25) is 0 Å². The van der Waals surface area contributed by atoms with Crippen molar-refractivity contribution in [3.63, 3.8) is 0 Å². The zero-order valence-corrected chi connectivity index (χ0v) is 18.4. The molecule has 0 bridgehead atoms. The van der Waals surface area contributed by atoms with E-state index in [2.05, 4.69) is 19.6 Å². The van der Waals surface area contributed by atoms with Crippen molar-refractivity contribution in [1.82, 2.24) is 0 Å². The molecule has 0 spiro atoms. The van der Waals surface area contributed by atoms with Crippen LogP contribution in [0.4, 0.5) is 0 Å². The molecule has 4 aliphatic rings. The van der Waals surface area contributed by atoms with Crippen LogP contribution in [-0.4, -0.2) is 21.8 Å². The van der Waals surface area contributed by atoms with Crippen LogP contribution >= 0.6 is 0 Å². The second-order valence-corrected chi connectivity index (χ2v) is 10.4. The number of aliphatic hydroxyl groups is 2. The van der Waals surface area contributed by atoms with Crippen LogP contribution in [0.3, 0.4) is 0 Å². The van der Waals surface area contributed by atoms with Gasteiger partial charge in [0, 0.05) is 5.92 Å². The molecule has 2 N–H and O–H groups in total. The van der Waals surface area contributed by atoms with Gasteiger partial charge < -0.3 is 14.9 Å². The lowest BCUT2D eigenvalue weighted by Gasteiger charge is -2.56. The van der Waals surface area contributed by atoms with Gasteiger partial charge in [-0.05, 0) is 74.5 Å². The highest BCUT2D eigenvalue weighted by Crippen LogP contribution is 2.66. The highest BCUT2D eigenvalue weighted by atomic mass is 16.5. The summed E-state index contributed by atoms with van der Waals surface area (Å²) in [5, 5.41) is 21.9. The number of carbonyl (C=O) groups is 1. The van der Waals surface area contributed by atoms with Crippen molar-refractivity contribution in [3.8, 4) is 5.75 Å². The molecule has 4 aliphatic carbocycles. The van der Waals surface area contributed by atoms with Gasteiger partial charge in [-0.3, -0.25) is 4.79 Å². The fourth-order valence-electron chi connectivity index (χ4n) is 7.20. The molecule has 0 heterocycles. The molecule has 0 aliphatic heterocycles. The minimum absolute atomic E-state index is 0.0374. The van der Waals surface area contributed by atoms with Crippen LogP contribution in [0.25, 0.3) is 0 Å². The van der Waals surface area contributed by atoms with Crippen LogP contribution in [0.15, 0.2) is 66.0 Å². The summed E-state index contributed by atoms with van der Waals surface area (Å²) < 4.78 is 6.16. The van der Waals surface area contributed by atoms with Crippen LogP contribution < -0.4 is 4.74 Å². The first-order valence-corrected chi connectivity index (χ1v) is 11.5. The summed E-state index contributed by atoms with van der Waals surface area (Å²) >= 11 is 0. The number of hydrogen-bond acceptors (Lipinski definition) is 4. The van der Waals surface area contributed by atoms with E-state index in [4.69, 9.17) is 4.74 Å². The van der Waals surface area contributed by atoms with Gasteiger partial charge in [-0.15, -0.1) is 0 Å². The average molecular weight is 421 g/mol. The zero-order valence-electron chi connectivity index (χ0n) is 18.4. The van der Waals surface area contributed by atoms with Crippen molar-refractivity contribution in [2.24, 2.45) is 28.6 Å². The van der Waals surface area contributed by atoms with E-state index in [1.807, 2.05) is 37.3 Å². The van der Waals surface area contributed by atoms with Crippen molar-refractivity contribution < 1.29 is 19.7 Å². The Morgan fingerprint density at radius 3 is 2.61 bits per heavy atom. The fourth-order valence-corrected chi connectivity index (χ4v) is 7.20. The SMILES string of the molecule is C=C(Oc1ccccc1)[C@@H]1CC[C@H]2[C@@H]3CCC4=CC(=O)CC(O)(O)[C@]4(C)C3=CC[C@]12C. The van der Waals surface area contributed by atoms with Gasteiger partial charge in [-0.1, -0.05) is 48.9 Å². The van der Waals surface area contributed by atoms with Crippen LogP contribution in [0.1, 0.15) is 52.4 Å². The summed E-state index contributed by atoms with van der Waals surface area (Å²) in [6.45, 7) is 8.59. The van der Waals surface area contributed by atoms with Gasteiger partial charge in [-0.25, -0.2) is 0 Å². The van der Waals surface area contributed by atoms with Gasteiger partial charge in [0.05, 0.1) is 11.8 Å². The Kier molecular flexibility index (Phi) is 4.62. The molecule has 0 unspecified atom stereocenters. The lowest BCUT2D eigenvalue weighted by atomic mass is 9.49. The van der Waals surface area contributed by atoms with E-state index in [-0.39, 0.29) is 23.5 Å². The van der Waals surface area contributed by atoms with E-state index in [0.29, 0.717) is 11.8 Å². The second-order valence-electron chi connectivity index (χ2n) is 10.4. The third-order valence-corrected chi connectivity index (χ3v) is 8.94. The monoisotopic (exact) mass is 420 g/mol. The summed E-state index contributed by atoms with van der Waals surface area (Å²) in [5.74, 6) is 0.447. The lowest BCUT2D eigenvalue weighted by molar-refractivity contribution is -0.225. The number of fused-ring (bicyclic) bond motifs is 5. The number of carbonyl (C=O) groups excluding carboxylic acids is 1. The van der Waals surface area contributed by atoms with Gasteiger partial charge in [0.1, 0.15) is 11.5 Å². The van der Waals surface area contributed by atoms with E-state index < -0.39 is 11.2 Å². The number of hydrogen-bond donors (Lipinski definition) is 2. The maximum Gasteiger partial charge on any atom is 0.183 e. The van der Waals surface area contributed by atoms with Crippen molar-refractivity contribution in [2.75, 3.05) is 0 Å². The van der Waals surface area contributed by atoms with E-state index >= 15 is 0 Å². The number of ether oxygens (including phenoxy) is 1. The molecule has 2 saturated carbocycles. The van der Waals surface area contributed by atoms with E-state index in [0.717, 1.165) is 54.8 Å². The maximum atomic E-state index is 12.1. The summed E-state index contributed by atoms with van der Waals surface area (Å²) in [5.41, 5.74) is 1.17. The Bertz CT molecular complexity index is 988. The molecule has 5 rings (SSSR count). The predicted molar refractivity (Wildman–Crippen MR) is 119 cm³/mol.